The number of nitrogens with zero attached hydrogens (tertiary/aromatic N) is 1. The normalized spacial score (nSPS) is 23.3. The van der Waals surface area contributed by atoms with Crippen LogP contribution < -0.4 is 0 Å². The third-order valence-electron chi connectivity index (χ3n) is 1.64. The fourth-order valence-electron chi connectivity index (χ4n) is 0.940. The molecule has 0 radical (unpaired) electrons. The van der Waals surface area contributed by atoms with E-state index in [4.69, 9.17) is 4.74 Å². The largest absolute Gasteiger partial charge is 0.410 e. The third kappa shape index (κ3) is 2.03. The average molecular weight is 155 g/mol. The molecule has 1 rings (SSSR count). The molecule has 0 bridgehead atoms. The number of aliphatic imine (C=N–C) groups is 1. The molecule has 3 nitrogen and oxygen atoms in total. The number of unbranched alkanes of at least 4 members (excludes halogenated alkanes) is 1. The molecule has 3 heteroatoms. The maximum Gasteiger partial charge on any atom is 0.337 e. The molecule has 0 unspecified atom stereocenters. The Hall–Kier alpha value is -0.860. The van der Waals surface area contributed by atoms with E-state index in [0.29, 0.717) is 5.90 Å². The topological polar surface area (TPSA) is 38.7 Å². The molecule has 0 N–H and O–H groups in total. The summed E-state index contributed by atoms with van der Waals surface area (Å²) >= 11 is 0. The zero-order valence-electron chi connectivity index (χ0n) is 6.96. The number of rotatable bonds is 3. The molecule has 62 valence electrons. The Bertz CT molecular complexity index is 187. The van der Waals surface area contributed by atoms with Gasteiger partial charge in [-0.15, -0.1) is 0 Å². The van der Waals surface area contributed by atoms with Crippen molar-refractivity contribution in [2.45, 2.75) is 39.2 Å². The maximum atomic E-state index is 10.8. The Morgan fingerprint density at radius 3 is 2.82 bits per heavy atom. The summed E-state index contributed by atoms with van der Waals surface area (Å²) in [5.74, 6) is 0.403. The molecule has 0 saturated carbocycles. The molecule has 0 aromatic carbocycles. The van der Waals surface area contributed by atoms with Crippen LogP contribution in [0.2, 0.25) is 0 Å². The van der Waals surface area contributed by atoms with Gasteiger partial charge in [0.15, 0.2) is 5.90 Å². The van der Waals surface area contributed by atoms with Crippen LogP contribution in [-0.4, -0.2) is 17.9 Å². The van der Waals surface area contributed by atoms with Crippen molar-refractivity contribution < 1.29 is 9.53 Å². The van der Waals surface area contributed by atoms with E-state index >= 15 is 0 Å². The van der Waals surface area contributed by atoms with Crippen molar-refractivity contribution in [2.75, 3.05) is 0 Å². The molecule has 0 saturated heterocycles. The molecule has 11 heavy (non-hydrogen) atoms. The van der Waals surface area contributed by atoms with E-state index in [9.17, 15) is 4.79 Å². The fraction of sp³-hybridized carbons (Fsp3) is 0.750. The summed E-state index contributed by atoms with van der Waals surface area (Å²) in [6.45, 7) is 3.85. The van der Waals surface area contributed by atoms with E-state index < -0.39 is 0 Å². The van der Waals surface area contributed by atoms with Gasteiger partial charge in [0, 0.05) is 6.42 Å². The Kier molecular flexibility index (Phi) is 2.63. The minimum atomic E-state index is -0.276. The van der Waals surface area contributed by atoms with Crippen LogP contribution in [0.4, 0.5) is 0 Å². The number of esters is 1. The van der Waals surface area contributed by atoms with Crippen LogP contribution in [0, 0.1) is 0 Å². The van der Waals surface area contributed by atoms with Crippen LogP contribution in [0.5, 0.6) is 0 Å². The Morgan fingerprint density at radius 1 is 1.64 bits per heavy atom. The minimum Gasteiger partial charge on any atom is -0.410 e. The van der Waals surface area contributed by atoms with E-state index in [-0.39, 0.29) is 12.0 Å². The summed E-state index contributed by atoms with van der Waals surface area (Å²) in [5, 5.41) is 0. The molecule has 1 aliphatic heterocycles. The molecule has 0 aliphatic carbocycles. The van der Waals surface area contributed by atoms with Crippen LogP contribution in [-0.2, 0) is 9.53 Å². The standard InChI is InChI=1S/C8H13NO2/c1-3-4-5-7-9-6(2)8(10)11-7/h6H,3-5H2,1-2H3/t6-/m0/s1. The molecular formula is C8H13NO2. The molecule has 1 heterocycles. The summed E-state index contributed by atoms with van der Waals surface area (Å²) in [6.07, 6.45) is 2.94. The van der Waals surface area contributed by atoms with Gasteiger partial charge in [-0.25, -0.2) is 9.79 Å². The summed E-state index contributed by atoms with van der Waals surface area (Å²) in [4.78, 5) is 14.9. The Morgan fingerprint density at radius 2 is 2.36 bits per heavy atom. The van der Waals surface area contributed by atoms with Crippen LogP contribution in [0.1, 0.15) is 33.1 Å². The van der Waals surface area contributed by atoms with Crippen molar-refractivity contribution in [3.63, 3.8) is 0 Å². The van der Waals surface area contributed by atoms with E-state index in [1.165, 1.54) is 0 Å². The second-order valence-corrected chi connectivity index (χ2v) is 2.72. The zero-order valence-corrected chi connectivity index (χ0v) is 6.96. The molecule has 0 aromatic rings. The first-order valence-electron chi connectivity index (χ1n) is 4.02. The highest BCUT2D eigenvalue weighted by Crippen LogP contribution is 2.09. The van der Waals surface area contributed by atoms with Gasteiger partial charge in [0.1, 0.15) is 6.04 Å². The first kappa shape index (κ1) is 8.24. The van der Waals surface area contributed by atoms with Gasteiger partial charge >= 0.3 is 5.97 Å². The molecule has 0 aromatic heterocycles. The van der Waals surface area contributed by atoms with Gasteiger partial charge in [0.05, 0.1) is 0 Å². The predicted molar refractivity (Wildman–Crippen MR) is 42.5 cm³/mol. The van der Waals surface area contributed by atoms with Crippen LogP contribution in [0.25, 0.3) is 0 Å². The molecule has 1 aliphatic rings. The highest BCUT2D eigenvalue weighted by atomic mass is 16.6. The van der Waals surface area contributed by atoms with Crippen LogP contribution in [0.3, 0.4) is 0 Å². The highest BCUT2D eigenvalue weighted by molar-refractivity contribution is 5.96. The van der Waals surface area contributed by atoms with E-state index in [1.54, 1.807) is 6.92 Å². The van der Waals surface area contributed by atoms with Crippen LogP contribution in [0.15, 0.2) is 4.99 Å². The lowest BCUT2D eigenvalue weighted by Gasteiger charge is -1.95. The molecule has 1 atom stereocenters. The van der Waals surface area contributed by atoms with Gasteiger partial charge in [0.25, 0.3) is 0 Å². The van der Waals surface area contributed by atoms with Crippen molar-refractivity contribution in [3.05, 3.63) is 0 Å². The molecule has 0 spiro atoms. The number of hydrogen-bond acceptors (Lipinski definition) is 3. The number of hydrogen-bond donors (Lipinski definition) is 0. The summed E-state index contributed by atoms with van der Waals surface area (Å²) in [6, 6.07) is -0.276. The number of ether oxygens (including phenoxy) is 1. The third-order valence-corrected chi connectivity index (χ3v) is 1.64. The number of carbonyl (C=O) groups excluding carboxylic acids is 1. The van der Waals surface area contributed by atoms with Crippen molar-refractivity contribution >= 4 is 11.9 Å². The Labute approximate surface area is 66.5 Å². The van der Waals surface area contributed by atoms with Crippen molar-refractivity contribution in [3.8, 4) is 0 Å². The number of carbonyl (C=O) groups is 1. The summed E-state index contributed by atoms with van der Waals surface area (Å²) in [7, 11) is 0. The van der Waals surface area contributed by atoms with Gasteiger partial charge < -0.3 is 4.74 Å². The maximum absolute atomic E-state index is 10.8. The Balaban J connectivity index is 2.37. The first-order valence-corrected chi connectivity index (χ1v) is 4.02. The van der Waals surface area contributed by atoms with E-state index in [1.807, 2.05) is 0 Å². The van der Waals surface area contributed by atoms with Gasteiger partial charge in [0.2, 0.25) is 0 Å². The zero-order chi connectivity index (χ0) is 8.27. The minimum absolute atomic E-state index is 0.212. The monoisotopic (exact) mass is 155 g/mol. The lowest BCUT2D eigenvalue weighted by Crippen LogP contribution is -2.10. The van der Waals surface area contributed by atoms with Crippen molar-refractivity contribution in [1.82, 2.24) is 0 Å². The quantitative estimate of drug-likeness (QED) is 0.579. The second kappa shape index (κ2) is 3.51. The smallest absolute Gasteiger partial charge is 0.337 e. The number of cyclic esters (lactones) is 1. The van der Waals surface area contributed by atoms with Gasteiger partial charge in [-0.1, -0.05) is 13.3 Å². The molecule has 0 fully saturated rings. The summed E-state index contributed by atoms with van der Waals surface area (Å²) < 4.78 is 4.89. The second-order valence-electron chi connectivity index (χ2n) is 2.72. The van der Waals surface area contributed by atoms with Gasteiger partial charge in [-0.2, -0.15) is 0 Å². The van der Waals surface area contributed by atoms with Gasteiger partial charge in [-0.05, 0) is 13.3 Å². The highest BCUT2D eigenvalue weighted by Gasteiger charge is 2.23. The van der Waals surface area contributed by atoms with Crippen LogP contribution >= 0.6 is 0 Å². The van der Waals surface area contributed by atoms with E-state index in [2.05, 4.69) is 11.9 Å². The lowest BCUT2D eigenvalue weighted by atomic mass is 10.2. The van der Waals surface area contributed by atoms with E-state index in [0.717, 1.165) is 19.3 Å². The average Bonchev–Trinajstić information content (AvgIpc) is 2.28. The lowest BCUT2D eigenvalue weighted by molar-refractivity contribution is -0.134. The molecular weight excluding hydrogens is 142 g/mol. The van der Waals surface area contributed by atoms with Gasteiger partial charge in [-0.3, -0.25) is 0 Å². The summed E-state index contributed by atoms with van der Waals surface area (Å²) in [5.41, 5.74) is 0. The predicted octanol–water partition coefficient (Wildman–Crippen LogP) is 1.52. The van der Waals surface area contributed by atoms with Crippen molar-refractivity contribution in [2.24, 2.45) is 4.99 Å². The first-order chi connectivity index (χ1) is 5.24. The molecule has 0 amide bonds. The van der Waals surface area contributed by atoms with Crippen molar-refractivity contribution in [1.29, 1.82) is 0 Å². The fourth-order valence-corrected chi connectivity index (χ4v) is 0.940. The SMILES string of the molecule is CCCCC1=N[C@@H](C)C(=O)O1.